The van der Waals surface area contributed by atoms with Crippen molar-refractivity contribution in [1.82, 2.24) is 15.0 Å². The maximum Gasteiger partial charge on any atom is 0.275 e. The summed E-state index contributed by atoms with van der Waals surface area (Å²) in [6, 6.07) is 7.69. The lowest BCUT2D eigenvalue weighted by Crippen LogP contribution is -2.12. The summed E-state index contributed by atoms with van der Waals surface area (Å²) in [6.45, 7) is 0. The number of thioether (sulfide) groups is 1. The third-order valence-electron chi connectivity index (χ3n) is 2.85. The highest BCUT2D eigenvalue weighted by Crippen LogP contribution is 2.22. The zero-order valence-corrected chi connectivity index (χ0v) is 13.3. The SMILES string of the molecule is CSc1cccc(NC(=O)c2csc(-c3cnccn3)n2)c1. The quantitative estimate of drug-likeness (QED) is 0.742. The van der Waals surface area contributed by atoms with Gasteiger partial charge in [0.1, 0.15) is 16.4 Å². The molecule has 22 heavy (non-hydrogen) atoms. The molecule has 0 radical (unpaired) electrons. The minimum atomic E-state index is -0.232. The van der Waals surface area contributed by atoms with Crippen LogP contribution in [0.25, 0.3) is 10.7 Å². The zero-order chi connectivity index (χ0) is 15.4. The van der Waals surface area contributed by atoms with E-state index in [1.165, 1.54) is 11.3 Å². The molecule has 0 fully saturated rings. The maximum absolute atomic E-state index is 12.2. The van der Waals surface area contributed by atoms with Gasteiger partial charge in [0.25, 0.3) is 5.91 Å². The van der Waals surface area contributed by atoms with Crippen LogP contribution < -0.4 is 5.32 Å². The third-order valence-corrected chi connectivity index (χ3v) is 4.44. The van der Waals surface area contributed by atoms with Gasteiger partial charge in [0.2, 0.25) is 0 Å². The Labute approximate surface area is 135 Å². The van der Waals surface area contributed by atoms with Gasteiger partial charge in [0.05, 0.1) is 6.20 Å². The van der Waals surface area contributed by atoms with E-state index in [1.807, 2.05) is 30.5 Å². The van der Waals surface area contributed by atoms with Crippen molar-refractivity contribution in [1.29, 1.82) is 0 Å². The van der Waals surface area contributed by atoms with Gasteiger partial charge < -0.3 is 5.32 Å². The Kier molecular flexibility index (Phi) is 4.45. The lowest BCUT2D eigenvalue weighted by molar-refractivity contribution is 0.102. The molecule has 0 spiro atoms. The monoisotopic (exact) mass is 328 g/mol. The number of aromatic nitrogens is 3. The second kappa shape index (κ2) is 6.67. The van der Waals surface area contributed by atoms with Crippen LogP contribution in [0.3, 0.4) is 0 Å². The van der Waals surface area contributed by atoms with Crippen molar-refractivity contribution >= 4 is 34.7 Å². The van der Waals surface area contributed by atoms with Crippen LogP contribution in [0.2, 0.25) is 0 Å². The van der Waals surface area contributed by atoms with E-state index < -0.39 is 0 Å². The first-order valence-electron chi connectivity index (χ1n) is 6.43. The van der Waals surface area contributed by atoms with E-state index in [9.17, 15) is 4.79 Å². The second-order valence-corrected chi connectivity index (χ2v) is 6.05. The Morgan fingerprint density at radius 3 is 3.00 bits per heavy atom. The molecule has 0 aliphatic heterocycles. The first kappa shape index (κ1) is 14.7. The number of benzene rings is 1. The van der Waals surface area contributed by atoms with Crippen LogP contribution in [0, 0.1) is 0 Å². The highest BCUT2D eigenvalue weighted by Gasteiger charge is 2.13. The summed E-state index contributed by atoms with van der Waals surface area (Å²) in [4.78, 5) is 25.8. The van der Waals surface area contributed by atoms with Crippen molar-refractivity contribution in [3.63, 3.8) is 0 Å². The lowest BCUT2D eigenvalue weighted by Gasteiger charge is -2.04. The highest BCUT2D eigenvalue weighted by molar-refractivity contribution is 7.98. The molecule has 2 aromatic heterocycles. The summed E-state index contributed by atoms with van der Waals surface area (Å²) in [5, 5.41) is 5.25. The van der Waals surface area contributed by atoms with Crippen molar-refractivity contribution in [2.75, 3.05) is 11.6 Å². The molecule has 1 aromatic carbocycles. The van der Waals surface area contributed by atoms with E-state index in [-0.39, 0.29) is 5.91 Å². The van der Waals surface area contributed by atoms with Crippen molar-refractivity contribution in [3.8, 4) is 10.7 Å². The number of carbonyl (C=O) groups excluding carboxylic acids is 1. The summed E-state index contributed by atoms with van der Waals surface area (Å²) in [5.74, 6) is -0.232. The van der Waals surface area contributed by atoms with Gasteiger partial charge in [-0.25, -0.2) is 4.98 Å². The summed E-state index contributed by atoms with van der Waals surface area (Å²) < 4.78 is 0. The fourth-order valence-electron chi connectivity index (χ4n) is 1.80. The molecule has 0 atom stereocenters. The number of nitrogens with zero attached hydrogens (tertiary/aromatic N) is 3. The van der Waals surface area contributed by atoms with Crippen LogP contribution in [0.15, 0.2) is 53.1 Å². The van der Waals surface area contributed by atoms with Crippen molar-refractivity contribution < 1.29 is 4.79 Å². The van der Waals surface area contributed by atoms with Crippen LogP contribution in [0.5, 0.6) is 0 Å². The minimum absolute atomic E-state index is 0.232. The molecular formula is C15H12N4OS2. The van der Waals surface area contributed by atoms with E-state index in [0.29, 0.717) is 16.4 Å². The van der Waals surface area contributed by atoms with E-state index in [0.717, 1.165) is 10.6 Å². The Bertz CT molecular complexity index is 789. The first-order valence-corrected chi connectivity index (χ1v) is 8.54. The van der Waals surface area contributed by atoms with Gasteiger partial charge in [-0.1, -0.05) is 6.07 Å². The average Bonchev–Trinajstić information content (AvgIpc) is 3.06. The molecule has 110 valence electrons. The Morgan fingerprint density at radius 1 is 1.32 bits per heavy atom. The van der Waals surface area contributed by atoms with Crippen molar-refractivity contribution in [3.05, 3.63) is 53.9 Å². The summed E-state index contributed by atoms with van der Waals surface area (Å²) in [5.41, 5.74) is 1.79. The Balaban J connectivity index is 1.77. The fraction of sp³-hybridized carbons (Fsp3) is 0.0667. The van der Waals surface area contributed by atoms with Crippen LogP contribution in [-0.4, -0.2) is 27.1 Å². The largest absolute Gasteiger partial charge is 0.321 e. The second-order valence-electron chi connectivity index (χ2n) is 4.31. The molecule has 1 amide bonds. The number of nitrogens with one attached hydrogen (secondary N) is 1. The summed E-state index contributed by atoms with van der Waals surface area (Å²) >= 11 is 3.00. The smallest absolute Gasteiger partial charge is 0.275 e. The lowest BCUT2D eigenvalue weighted by atomic mass is 10.3. The predicted octanol–water partition coefficient (Wildman–Crippen LogP) is 3.57. The highest BCUT2D eigenvalue weighted by atomic mass is 32.2. The molecule has 0 saturated carbocycles. The van der Waals surface area contributed by atoms with E-state index in [4.69, 9.17) is 0 Å². The van der Waals surface area contributed by atoms with E-state index in [2.05, 4.69) is 20.3 Å². The molecule has 0 saturated heterocycles. The van der Waals surface area contributed by atoms with Crippen molar-refractivity contribution in [2.45, 2.75) is 4.90 Å². The minimum Gasteiger partial charge on any atom is -0.321 e. The van der Waals surface area contributed by atoms with Crippen molar-refractivity contribution in [2.24, 2.45) is 0 Å². The molecule has 0 unspecified atom stereocenters. The number of carbonyl (C=O) groups is 1. The van der Waals surface area contributed by atoms with Gasteiger partial charge in [-0.15, -0.1) is 23.1 Å². The molecule has 0 aliphatic rings. The van der Waals surface area contributed by atoms with Crippen LogP contribution in [-0.2, 0) is 0 Å². The average molecular weight is 328 g/mol. The standard InChI is InChI=1S/C15H12N4OS2/c1-21-11-4-2-3-10(7-11)18-14(20)13-9-22-15(19-13)12-8-16-5-6-17-12/h2-9H,1H3,(H,18,20). The van der Waals surface area contributed by atoms with Crippen LogP contribution >= 0.6 is 23.1 Å². The number of hydrogen-bond acceptors (Lipinski definition) is 6. The molecule has 3 rings (SSSR count). The summed E-state index contributed by atoms with van der Waals surface area (Å²) in [7, 11) is 0. The Hall–Kier alpha value is -2.25. The number of rotatable bonds is 4. The van der Waals surface area contributed by atoms with E-state index >= 15 is 0 Å². The van der Waals surface area contributed by atoms with Crippen LogP contribution in [0.4, 0.5) is 5.69 Å². The molecule has 0 bridgehead atoms. The van der Waals surface area contributed by atoms with Gasteiger partial charge in [0, 0.05) is 28.4 Å². The molecule has 1 N–H and O–H groups in total. The molecule has 5 nitrogen and oxygen atoms in total. The maximum atomic E-state index is 12.2. The van der Waals surface area contributed by atoms with Gasteiger partial charge in [0.15, 0.2) is 0 Å². The molecule has 0 aliphatic carbocycles. The van der Waals surface area contributed by atoms with Gasteiger partial charge >= 0.3 is 0 Å². The normalized spacial score (nSPS) is 10.4. The zero-order valence-electron chi connectivity index (χ0n) is 11.7. The number of hydrogen-bond donors (Lipinski definition) is 1. The summed E-state index contributed by atoms with van der Waals surface area (Å²) in [6.07, 6.45) is 6.82. The Morgan fingerprint density at radius 2 is 2.23 bits per heavy atom. The first-order chi connectivity index (χ1) is 10.8. The molecular weight excluding hydrogens is 316 g/mol. The van der Waals surface area contributed by atoms with Gasteiger partial charge in [-0.05, 0) is 24.5 Å². The van der Waals surface area contributed by atoms with Gasteiger partial charge in [-0.3, -0.25) is 14.8 Å². The number of amides is 1. The van der Waals surface area contributed by atoms with E-state index in [1.54, 1.807) is 35.7 Å². The number of thiazole rings is 1. The topological polar surface area (TPSA) is 67.8 Å². The van der Waals surface area contributed by atoms with Crippen LogP contribution in [0.1, 0.15) is 10.5 Å². The predicted molar refractivity (Wildman–Crippen MR) is 89.3 cm³/mol. The molecule has 7 heteroatoms. The fourth-order valence-corrected chi connectivity index (χ4v) is 3.02. The van der Waals surface area contributed by atoms with Gasteiger partial charge in [-0.2, -0.15) is 0 Å². The molecule has 2 heterocycles. The third kappa shape index (κ3) is 3.32. The molecule has 3 aromatic rings. The number of anilines is 1.